The summed E-state index contributed by atoms with van der Waals surface area (Å²) in [4.78, 5) is 26.1. The lowest BCUT2D eigenvalue weighted by Crippen LogP contribution is -2.41. The minimum atomic E-state index is -0.671. The quantitative estimate of drug-likeness (QED) is 0.918. The van der Waals surface area contributed by atoms with Gasteiger partial charge in [-0.05, 0) is 24.6 Å². The van der Waals surface area contributed by atoms with Gasteiger partial charge in [-0.25, -0.2) is 0 Å². The number of carbonyl (C=O) groups excluding carboxylic acids is 2. The van der Waals surface area contributed by atoms with Gasteiger partial charge in [-0.15, -0.1) is 0 Å². The van der Waals surface area contributed by atoms with Crippen molar-refractivity contribution in [3.63, 3.8) is 0 Å². The summed E-state index contributed by atoms with van der Waals surface area (Å²) in [5.41, 5.74) is 7.15. The fourth-order valence-corrected chi connectivity index (χ4v) is 2.80. The van der Waals surface area contributed by atoms with Gasteiger partial charge < -0.3 is 15.4 Å². The summed E-state index contributed by atoms with van der Waals surface area (Å²) in [6.45, 7) is 2.65. The molecule has 124 valence electrons. The van der Waals surface area contributed by atoms with Crippen LogP contribution in [0.5, 0.6) is 5.75 Å². The molecule has 2 aromatic rings. The predicted molar refractivity (Wildman–Crippen MR) is 92.0 cm³/mol. The van der Waals surface area contributed by atoms with Crippen LogP contribution in [0.1, 0.15) is 41.8 Å². The Morgan fingerprint density at radius 3 is 2.62 bits per heavy atom. The van der Waals surface area contributed by atoms with Crippen molar-refractivity contribution in [3.05, 3.63) is 59.7 Å². The summed E-state index contributed by atoms with van der Waals surface area (Å²) < 4.78 is 5.93. The maximum Gasteiger partial charge on any atom is 0.272 e. The van der Waals surface area contributed by atoms with Crippen LogP contribution in [0, 0.1) is 0 Å². The number of hydrogen-bond acceptors (Lipinski definition) is 3. The van der Waals surface area contributed by atoms with E-state index in [2.05, 4.69) is 6.92 Å². The number of nitrogens with two attached hydrogens (primary N) is 1. The highest BCUT2D eigenvalue weighted by Crippen LogP contribution is 2.39. The van der Waals surface area contributed by atoms with E-state index in [0.29, 0.717) is 23.5 Å². The smallest absolute Gasteiger partial charge is 0.272 e. The van der Waals surface area contributed by atoms with Crippen molar-refractivity contribution in [2.45, 2.75) is 25.9 Å². The number of ether oxygens (including phenoxy) is 1. The third-order valence-electron chi connectivity index (χ3n) is 4.11. The van der Waals surface area contributed by atoms with Crippen LogP contribution < -0.4 is 15.4 Å². The first-order valence-electron chi connectivity index (χ1n) is 8.08. The van der Waals surface area contributed by atoms with E-state index in [1.165, 1.54) is 0 Å². The average molecular weight is 324 g/mol. The minimum absolute atomic E-state index is 0.122. The van der Waals surface area contributed by atoms with E-state index in [1.54, 1.807) is 23.1 Å². The first-order valence-corrected chi connectivity index (χ1v) is 8.08. The Labute approximate surface area is 141 Å². The second kappa shape index (κ2) is 6.74. The molecule has 3 rings (SSSR count). The van der Waals surface area contributed by atoms with Crippen LogP contribution in [-0.4, -0.2) is 18.4 Å². The number of carbonyl (C=O) groups is 2. The maximum absolute atomic E-state index is 13.0. The van der Waals surface area contributed by atoms with Gasteiger partial charge in [0.05, 0.1) is 5.69 Å². The lowest BCUT2D eigenvalue weighted by Gasteiger charge is -2.34. The van der Waals surface area contributed by atoms with Crippen LogP contribution in [0.15, 0.2) is 48.5 Å². The van der Waals surface area contributed by atoms with Gasteiger partial charge in [0.25, 0.3) is 5.91 Å². The van der Waals surface area contributed by atoms with Crippen molar-refractivity contribution in [1.82, 2.24) is 0 Å². The number of benzene rings is 2. The lowest BCUT2D eigenvalue weighted by atomic mass is 10.0. The molecular formula is C19H20N2O3. The molecule has 2 N–H and O–H groups in total. The van der Waals surface area contributed by atoms with Crippen molar-refractivity contribution in [2.75, 3.05) is 11.4 Å². The number of nitrogens with zero attached hydrogens (tertiary/aromatic N) is 1. The van der Waals surface area contributed by atoms with Crippen LogP contribution in [0.4, 0.5) is 5.69 Å². The molecule has 2 amide bonds. The van der Waals surface area contributed by atoms with Crippen LogP contribution in [0.2, 0.25) is 0 Å². The van der Waals surface area contributed by atoms with E-state index < -0.39 is 12.0 Å². The molecule has 0 saturated heterocycles. The number of primary amides is 1. The average Bonchev–Trinajstić information content (AvgIpc) is 2.60. The van der Waals surface area contributed by atoms with Crippen molar-refractivity contribution < 1.29 is 14.3 Å². The van der Waals surface area contributed by atoms with E-state index in [-0.39, 0.29) is 5.91 Å². The van der Waals surface area contributed by atoms with Crippen LogP contribution >= 0.6 is 0 Å². The van der Waals surface area contributed by atoms with Gasteiger partial charge in [-0.1, -0.05) is 43.7 Å². The van der Waals surface area contributed by atoms with Gasteiger partial charge in [0.1, 0.15) is 5.75 Å². The second-order valence-corrected chi connectivity index (χ2v) is 5.80. The molecule has 0 aromatic heterocycles. The molecule has 0 radical (unpaired) electrons. The molecular weight excluding hydrogens is 304 g/mol. The predicted octanol–water partition coefficient (Wildman–Crippen LogP) is 3.05. The fraction of sp³-hybridized carbons (Fsp3) is 0.263. The fourth-order valence-electron chi connectivity index (χ4n) is 2.80. The van der Waals surface area contributed by atoms with E-state index in [9.17, 15) is 9.59 Å². The minimum Gasteiger partial charge on any atom is -0.474 e. The van der Waals surface area contributed by atoms with Gasteiger partial charge in [-0.3, -0.25) is 9.59 Å². The summed E-state index contributed by atoms with van der Waals surface area (Å²) in [5.74, 6) is -0.0563. The summed E-state index contributed by atoms with van der Waals surface area (Å²) in [5, 5.41) is 0. The summed E-state index contributed by atoms with van der Waals surface area (Å²) in [6.07, 6.45) is 1.16. The van der Waals surface area contributed by atoms with Crippen molar-refractivity contribution in [2.24, 2.45) is 5.73 Å². The first kappa shape index (κ1) is 16.1. The normalized spacial score (nSPS) is 16.5. The number of rotatable bonds is 5. The molecule has 0 spiro atoms. The first-order chi connectivity index (χ1) is 11.6. The molecule has 0 bridgehead atoms. The van der Waals surface area contributed by atoms with E-state index in [4.69, 9.17) is 10.5 Å². The highest BCUT2D eigenvalue weighted by molar-refractivity contribution is 6.02. The Kier molecular flexibility index (Phi) is 4.51. The van der Waals surface area contributed by atoms with Crippen LogP contribution in [-0.2, 0) is 4.79 Å². The molecule has 5 nitrogen and oxygen atoms in total. The Bertz CT molecular complexity index is 758. The standard InChI is InChI=1S/C19H20N2O3/c1-2-3-11-21-15-12-14(18(20)22)9-10-16(15)24-17(19(21)23)13-7-5-4-6-8-13/h4-10,12,17H,2-3,11H2,1H3,(H2,20,22). The Balaban J connectivity index is 2.03. The van der Waals surface area contributed by atoms with Crippen molar-refractivity contribution in [1.29, 1.82) is 0 Å². The van der Waals surface area contributed by atoms with Gasteiger partial charge >= 0.3 is 0 Å². The Morgan fingerprint density at radius 2 is 1.96 bits per heavy atom. The zero-order valence-electron chi connectivity index (χ0n) is 13.6. The van der Waals surface area contributed by atoms with Crippen LogP contribution in [0.3, 0.4) is 0 Å². The topological polar surface area (TPSA) is 72.6 Å². The third kappa shape index (κ3) is 2.97. The molecule has 0 saturated carbocycles. The molecule has 0 aliphatic carbocycles. The lowest BCUT2D eigenvalue weighted by molar-refractivity contribution is -0.126. The largest absolute Gasteiger partial charge is 0.474 e. The molecule has 5 heteroatoms. The Hall–Kier alpha value is -2.82. The summed E-state index contributed by atoms with van der Waals surface area (Å²) in [7, 11) is 0. The van der Waals surface area contributed by atoms with Crippen LogP contribution in [0.25, 0.3) is 0 Å². The van der Waals surface area contributed by atoms with E-state index in [1.807, 2.05) is 30.3 Å². The zero-order chi connectivity index (χ0) is 17.1. The number of unbranched alkanes of at least 4 members (excludes halogenated alkanes) is 1. The zero-order valence-corrected chi connectivity index (χ0v) is 13.6. The third-order valence-corrected chi connectivity index (χ3v) is 4.11. The number of fused-ring (bicyclic) bond motifs is 1. The molecule has 1 aliphatic rings. The molecule has 2 aromatic carbocycles. The van der Waals surface area contributed by atoms with Gasteiger partial charge in [0.15, 0.2) is 0 Å². The number of hydrogen-bond donors (Lipinski definition) is 1. The molecule has 1 aliphatic heterocycles. The monoisotopic (exact) mass is 324 g/mol. The summed E-state index contributed by atoms with van der Waals surface area (Å²) >= 11 is 0. The van der Waals surface area contributed by atoms with E-state index >= 15 is 0 Å². The Morgan fingerprint density at radius 1 is 1.21 bits per heavy atom. The van der Waals surface area contributed by atoms with Gasteiger partial charge in [0.2, 0.25) is 12.0 Å². The van der Waals surface area contributed by atoms with Crippen molar-refractivity contribution >= 4 is 17.5 Å². The number of amides is 2. The second-order valence-electron chi connectivity index (χ2n) is 5.80. The molecule has 24 heavy (non-hydrogen) atoms. The molecule has 0 fully saturated rings. The maximum atomic E-state index is 13.0. The van der Waals surface area contributed by atoms with Gasteiger partial charge in [-0.2, -0.15) is 0 Å². The molecule has 1 unspecified atom stereocenters. The summed E-state index contributed by atoms with van der Waals surface area (Å²) in [6, 6.07) is 14.4. The van der Waals surface area contributed by atoms with Crippen molar-refractivity contribution in [3.8, 4) is 5.75 Å². The SMILES string of the molecule is CCCCN1C(=O)C(c2ccccc2)Oc2ccc(C(N)=O)cc21. The number of anilines is 1. The molecule has 1 atom stereocenters. The van der Waals surface area contributed by atoms with E-state index in [0.717, 1.165) is 18.4 Å². The highest BCUT2D eigenvalue weighted by Gasteiger charge is 2.35. The van der Waals surface area contributed by atoms with Gasteiger partial charge in [0, 0.05) is 17.7 Å². The molecule has 1 heterocycles. The highest BCUT2D eigenvalue weighted by atomic mass is 16.5.